The molecular weight excluding hydrogens is 205 g/mol. The lowest BCUT2D eigenvalue weighted by atomic mass is 10.3. The van der Waals surface area contributed by atoms with Gasteiger partial charge in [0.2, 0.25) is 5.91 Å². The van der Waals surface area contributed by atoms with Gasteiger partial charge in [0.15, 0.2) is 0 Å². The highest BCUT2D eigenvalue weighted by atomic mass is 127. The molecule has 7 heavy (non-hydrogen) atoms. The van der Waals surface area contributed by atoms with Crippen LogP contribution in [0.5, 0.6) is 0 Å². The van der Waals surface area contributed by atoms with Gasteiger partial charge in [-0.15, -0.1) is 0 Å². The van der Waals surface area contributed by atoms with Crippen LogP contribution in [0.3, 0.4) is 0 Å². The third-order valence-electron chi connectivity index (χ3n) is 0.482. The summed E-state index contributed by atoms with van der Waals surface area (Å²) in [5, 5.41) is 0. The molecule has 0 fully saturated rings. The molecule has 42 valence electrons. The molecule has 0 radical (unpaired) electrons. The van der Waals surface area contributed by atoms with Crippen LogP contribution in [0.15, 0.2) is 0 Å². The number of hydrogen-bond acceptors (Lipinski definition) is 1. The van der Waals surface area contributed by atoms with Gasteiger partial charge in [-0.05, 0) is 0 Å². The first-order valence-electron chi connectivity index (χ1n) is 2.05. The minimum absolute atomic E-state index is 0.220. The SMILES string of the molecule is CC(I)CC(N)=O. The monoisotopic (exact) mass is 213 g/mol. The Hall–Kier alpha value is 0.200. The molecule has 0 spiro atoms. The molecule has 0 bridgehead atoms. The third-order valence-corrected chi connectivity index (χ3v) is 0.923. The normalized spacial score (nSPS) is 13.4. The summed E-state index contributed by atoms with van der Waals surface area (Å²) in [7, 11) is 0. The summed E-state index contributed by atoms with van der Waals surface area (Å²) in [6.07, 6.45) is 0.487. The zero-order valence-corrected chi connectivity index (χ0v) is 6.31. The van der Waals surface area contributed by atoms with Crippen LogP contribution in [0.4, 0.5) is 0 Å². The summed E-state index contributed by atoms with van der Waals surface area (Å²) in [4.78, 5) is 10.0. The van der Waals surface area contributed by atoms with E-state index in [0.29, 0.717) is 10.3 Å². The van der Waals surface area contributed by atoms with Gasteiger partial charge >= 0.3 is 0 Å². The summed E-state index contributed by atoms with van der Waals surface area (Å²) >= 11 is 2.16. The van der Waals surface area contributed by atoms with Gasteiger partial charge in [0, 0.05) is 10.3 Å². The molecule has 2 nitrogen and oxygen atoms in total. The number of hydrogen-bond donors (Lipinski definition) is 1. The molecule has 0 aromatic carbocycles. The van der Waals surface area contributed by atoms with Crippen LogP contribution >= 0.6 is 22.6 Å². The van der Waals surface area contributed by atoms with E-state index in [0.717, 1.165) is 0 Å². The summed E-state index contributed by atoms with van der Waals surface area (Å²) in [6.45, 7) is 1.95. The molecule has 0 aliphatic heterocycles. The molecule has 1 unspecified atom stereocenters. The van der Waals surface area contributed by atoms with Crippen LogP contribution in [0, 0.1) is 0 Å². The number of halogens is 1. The van der Waals surface area contributed by atoms with Crippen LogP contribution in [0.1, 0.15) is 13.3 Å². The second kappa shape index (κ2) is 3.23. The maximum absolute atomic E-state index is 10.0. The van der Waals surface area contributed by atoms with Crippen LogP contribution < -0.4 is 5.73 Å². The van der Waals surface area contributed by atoms with Crippen molar-refractivity contribution in [2.45, 2.75) is 17.3 Å². The fraction of sp³-hybridized carbons (Fsp3) is 0.750. The van der Waals surface area contributed by atoms with Gasteiger partial charge in [-0.25, -0.2) is 0 Å². The van der Waals surface area contributed by atoms with E-state index < -0.39 is 0 Å². The van der Waals surface area contributed by atoms with Crippen molar-refractivity contribution in [1.82, 2.24) is 0 Å². The number of nitrogens with two attached hydrogens (primary N) is 1. The van der Waals surface area contributed by atoms with E-state index in [-0.39, 0.29) is 5.91 Å². The molecule has 3 heteroatoms. The Morgan fingerprint density at radius 1 is 2.00 bits per heavy atom. The third kappa shape index (κ3) is 6.20. The lowest BCUT2D eigenvalue weighted by Gasteiger charge is -1.93. The van der Waals surface area contributed by atoms with Crippen molar-refractivity contribution in [3.05, 3.63) is 0 Å². The summed E-state index contributed by atoms with van der Waals surface area (Å²) in [5.74, 6) is -0.220. The first-order valence-corrected chi connectivity index (χ1v) is 3.30. The largest absolute Gasteiger partial charge is 0.370 e. The van der Waals surface area contributed by atoms with Crippen LogP contribution in [-0.2, 0) is 4.79 Å². The van der Waals surface area contributed by atoms with Gasteiger partial charge in [0.1, 0.15) is 0 Å². The quantitative estimate of drug-likeness (QED) is 0.532. The Labute approximate surface area is 56.6 Å². The van der Waals surface area contributed by atoms with Crippen molar-refractivity contribution in [1.29, 1.82) is 0 Å². The zero-order valence-electron chi connectivity index (χ0n) is 4.15. The van der Waals surface area contributed by atoms with Crippen molar-refractivity contribution >= 4 is 28.5 Å². The van der Waals surface area contributed by atoms with Gasteiger partial charge < -0.3 is 5.73 Å². The highest BCUT2D eigenvalue weighted by Crippen LogP contribution is 2.01. The van der Waals surface area contributed by atoms with Gasteiger partial charge in [0.25, 0.3) is 0 Å². The van der Waals surface area contributed by atoms with Crippen molar-refractivity contribution < 1.29 is 4.79 Å². The molecule has 1 amide bonds. The van der Waals surface area contributed by atoms with E-state index in [1.807, 2.05) is 6.92 Å². The van der Waals surface area contributed by atoms with Crippen molar-refractivity contribution in [3.8, 4) is 0 Å². The van der Waals surface area contributed by atoms with Gasteiger partial charge in [-0.2, -0.15) is 0 Å². The minimum Gasteiger partial charge on any atom is -0.370 e. The highest BCUT2D eigenvalue weighted by Gasteiger charge is 1.97. The Bertz CT molecular complexity index is 72.1. The fourth-order valence-electron chi connectivity index (χ4n) is 0.277. The molecule has 0 rings (SSSR count). The van der Waals surface area contributed by atoms with E-state index in [4.69, 9.17) is 5.73 Å². The zero-order chi connectivity index (χ0) is 5.86. The average molecular weight is 213 g/mol. The molecule has 0 aromatic rings. The maximum atomic E-state index is 10.0. The van der Waals surface area contributed by atoms with Crippen molar-refractivity contribution in [3.63, 3.8) is 0 Å². The van der Waals surface area contributed by atoms with Gasteiger partial charge in [0.05, 0.1) is 0 Å². The smallest absolute Gasteiger partial charge is 0.218 e. The van der Waals surface area contributed by atoms with E-state index in [9.17, 15) is 4.79 Å². The molecule has 0 aliphatic carbocycles. The van der Waals surface area contributed by atoms with Crippen molar-refractivity contribution in [2.24, 2.45) is 5.73 Å². The van der Waals surface area contributed by atoms with Gasteiger partial charge in [-0.3, -0.25) is 4.79 Å². The van der Waals surface area contributed by atoms with Crippen LogP contribution in [0.2, 0.25) is 0 Å². The standard InChI is InChI=1S/C4H8INO/c1-3(5)2-4(6)7/h3H,2H2,1H3,(H2,6,7). The Morgan fingerprint density at radius 3 is 2.43 bits per heavy atom. The van der Waals surface area contributed by atoms with E-state index in [2.05, 4.69) is 22.6 Å². The summed E-state index contributed by atoms with van der Waals surface area (Å²) in [6, 6.07) is 0. The average Bonchev–Trinajstić information content (AvgIpc) is 1.27. The maximum Gasteiger partial charge on any atom is 0.218 e. The Morgan fingerprint density at radius 2 is 2.43 bits per heavy atom. The molecule has 1 atom stereocenters. The van der Waals surface area contributed by atoms with Crippen LogP contribution in [0.25, 0.3) is 0 Å². The van der Waals surface area contributed by atoms with Crippen LogP contribution in [-0.4, -0.2) is 9.83 Å². The highest BCUT2D eigenvalue weighted by molar-refractivity contribution is 14.1. The van der Waals surface area contributed by atoms with E-state index >= 15 is 0 Å². The number of primary amides is 1. The Kier molecular flexibility index (Phi) is 3.33. The molecule has 2 N–H and O–H groups in total. The molecule has 0 aliphatic rings. The second-order valence-electron chi connectivity index (χ2n) is 1.45. The fourth-order valence-corrected chi connectivity index (χ4v) is 0.711. The molecule has 0 aromatic heterocycles. The number of carbonyl (C=O) groups excluding carboxylic acids is 1. The van der Waals surface area contributed by atoms with Crippen molar-refractivity contribution in [2.75, 3.05) is 0 Å². The number of amides is 1. The summed E-state index contributed by atoms with van der Waals surface area (Å²) in [5.41, 5.74) is 4.85. The number of carbonyl (C=O) groups is 1. The first kappa shape index (κ1) is 7.20. The first-order chi connectivity index (χ1) is 3.13. The molecule has 0 heterocycles. The molecule has 0 saturated heterocycles. The number of alkyl halides is 1. The van der Waals surface area contributed by atoms with E-state index in [1.165, 1.54) is 0 Å². The summed E-state index contributed by atoms with van der Waals surface area (Å²) < 4.78 is 0.370. The van der Waals surface area contributed by atoms with Gasteiger partial charge in [-0.1, -0.05) is 29.5 Å². The lowest BCUT2D eigenvalue weighted by Crippen LogP contribution is -2.13. The molecular formula is C4H8INO. The lowest BCUT2D eigenvalue weighted by molar-refractivity contribution is -0.117. The predicted octanol–water partition coefficient (Wildman–Crippen LogP) is 0.685. The second-order valence-corrected chi connectivity index (χ2v) is 3.58. The molecule has 0 saturated carbocycles. The predicted molar refractivity (Wildman–Crippen MR) is 37.3 cm³/mol. The Balaban J connectivity index is 3.13. The number of rotatable bonds is 2. The van der Waals surface area contributed by atoms with E-state index in [1.54, 1.807) is 0 Å². The minimum atomic E-state index is -0.220. The topological polar surface area (TPSA) is 43.1 Å².